The average molecular weight is 270 g/mol. The van der Waals surface area contributed by atoms with Crippen molar-refractivity contribution in [2.45, 2.75) is 0 Å². The molecular formula is C14H11FN4O. The van der Waals surface area contributed by atoms with E-state index in [-0.39, 0.29) is 11.7 Å². The van der Waals surface area contributed by atoms with Crippen LogP contribution in [0.15, 0.2) is 42.6 Å². The summed E-state index contributed by atoms with van der Waals surface area (Å²) in [5.74, 6) is -0.284. The molecule has 1 N–H and O–H groups in total. The highest BCUT2D eigenvalue weighted by molar-refractivity contribution is 6.07. The summed E-state index contributed by atoms with van der Waals surface area (Å²) in [4.78, 5) is 16.3. The highest BCUT2D eigenvalue weighted by Gasteiger charge is 2.13. The second-order valence-electron chi connectivity index (χ2n) is 4.31. The Labute approximate surface area is 114 Å². The van der Waals surface area contributed by atoms with Crippen LogP contribution in [0.25, 0.3) is 11.0 Å². The zero-order chi connectivity index (χ0) is 14.1. The quantitative estimate of drug-likeness (QED) is 0.777. The number of pyridine rings is 1. The summed E-state index contributed by atoms with van der Waals surface area (Å²) >= 11 is 0. The van der Waals surface area contributed by atoms with Crippen LogP contribution in [0.4, 0.5) is 10.2 Å². The molecule has 2 aromatic heterocycles. The molecule has 0 bridgehead atoms. The van der Waals surface area contributed by atoms with Gasteiger partial charge in [-0.05, 0) is 36.4 Å². The number of nitrogens with one attached hydrogen (secondary N) is 1. The standard InChI is InChI=1S/C14H11FN4O/c1-19-13-11(3-2-8-16-13)12(18-19)17-14(20)9-4-6-10(15)7-5-9/h2-8H,1H3,(H,17,18,20). The van der Waals surface area contributed by atoms with Gasteiger partial charge in [-0.25, -0.2) is 14.1 Å². The topological polar surface area (TPSA) is 59.8 Å². The number of carbonyl (C=O) groups excluding carboxylic acids is 1. The highest BCUT2D eigenvalue weighted by Crippen LogP contribution is 2.20. The SMILES string of the molecule is Cn1nc(NC(=O)c2ccc(F)cc2)c2cccnc21. The lowest BCUT2D eigenvalue weighted by Crippen LogP contribution is -2.12. The van der Waals surface area contributed by atoms with Crippen molar-refractivity contribution in [1.29, 1.82) is 0 Å². The van der Waals surface area contributed by atoms with Gasteiger partial charge in [0.15, 0.2) is 11.5 Å². The lowest BCUT2D eigenvalue weighted by Gasteiger charge is -2.02. The molecule has 0 aliphatic heterocycles. The lowest BCUT2D eigenvalue weighted by atomic mass is 10.2. The van der Waals surface area contributed by atoms with Crippen LogP contribution in [-0.2, 0) is 7.05 Å². The molecule has 1 amide bonds. The Morgan fingerprint density at radius 1 is 1.25 bits per heavy atom. The van der Waals surface area contributed by atoms with E-state index in [1.54, 1.807) is 24.0 Å². The van der Waals surface area contributed by atoms with Gasteiger partial charge in [0.25, 0.3) is 5.91 Å². The molecule has 0 radical (unpaired) electrons. The Kier molecular flexibility index (Phi) is 2.90. The van der Waals surface area contributed by atoms with Crippen LogP contribution in [0, 0.1) is 5.82 Å². The molecule has 0 aliphatic rings. The van der Waals surface area contributed by atoms with E-state index in [4.69, 9.17) is 0 Å². The van der Waals surface area contributed by atoms with Gasteiger partial charge in [-0.15, -0.1) is 0 Å². The van der Waals surface area contributed by atoms with E-state index in [0.29, 0.717) is 17.0 Å². The van der Waals surface area contributed by atoms with E-state index in [2.05, 4.69) is 15.4 Å². The van der Waals surface area contributed by atoms with Crippen LogP contribution < -0.4 is 5.32 Å². The van der Waals surface area contributed by atoms with Crippen molar-refractivity contribution in [3.8, 4) is 0 Å². The molecule has 0 atom stereocenters. The largest absolute Gasteiger partial charge is 0.305 e. The van der Waals surface area contributed by atoms with Crippen molar-refractivity contribution in [2.24, 2.45) is 7.05 Å². The van der Waals surface area contributed by atoms with E-state index >= 15 is 0 Å². The number of anilines is 1. The van der Waals surface area contributed by atoms with Crippen molar-refractivity contribution in [2.75, 3.05) is 5.32 Å². The zero-order valence-electron chi connectivity index (χ0n) is 10.7. The van der Waals surface area contributed by atoms with Gasteiger partial charge in [0.05, 0.1) is 5.39 Å². The second kappa shape index (κ2) is 4.73. The molecule has 1 aromatic carbocycles. The predicted molar refractivity (Wildman–Crippen MR) is 72.9 cm³/mol. The number of fused-ring (bicyclic) bond motifs is 1. The van der Waals surface area contributed by atoms with Crippen LogP contribution in [0.2, 0.25) is 0 Å². The molecule has 20 heavy (non-hydrogen) atoms. The summed E-state index contributed by atoms with van der Waals surface area (Å²) in [6, 6.07) is 8.94. The summed E-state index contributed by atoms with van der Waals surface area (Å²) in [7, 11) is 1.75. The van der Waals surface area contributed by atoms with Gasteiger partial charge in [-0.1, -0.05) is 0 Å². The van der Waals surface area contributed by atoms with Crippen LogP contribution >= 0.6 is 0 Å². The van der Waals surface area contributed by atoms with Crippen LogP contribution in [-0.4, -0.2) is 20.7 Å². The monoisotopic (exact) mass is 270 g/mol. The predicted octanol–water partition coefficient (Wildman–Crippen LogP) is 2.36. The normalized spacial score (nSPS) is 10.7. The molecule has 0 saturated carbocycles. The first-order chi connectivity index (χ1) is 9.65. The molecule has 0 fully saturated rings. The third kappa shape index (κ3) is 2.11. The Morgan fingerprint density at radius 3 is 2.75 bits per heavy atom. The van der Waals surface area contributed by atoms with Gasteiger partial charge in [0.2, 0.25) is 0 Å². The first kappa shape index (κ1) is 12.3. The maximum Gasteiger partial charge on any atom is 0.256 e. The lowest BCUT2D eigenvalue weighted by molar-refractivity contribution is 0.102. The van der Waals surface area contributed by atoms with Gasteiger partial charge < -0.3 is 5.32 Å². The van der Waals surface area contributed by atoms with Crippen molar-refractivity contribution in [1.82, 2.24) is 14.8 Å². The van der Waals surface area contributed by atoms with Crippen LogP contribution in [0.1, 0.15) is 10.4 Å². The fourth-order valence-electron chi connectivity index (χ4n) is 1.96. The van der Waals surface area contributed by atoms with Crippen molar-refractivity contribution < 1.29 is 9.18 Å². The molecular weight excluding hydrogens is 259 g/mol. The Morgan fingerprint density at radius 2 is 2.00 bits per heavy atom. The summed E-state index contributed by atoms with van der Waals surface area (Å²) in [6.45, 7) is 0. The molecule has 2 heterocycles. The smallest absolute Gasteiger partial charge is 0.256 e. The number of nitrogens with zero attached hydrogens (tertiary/aromatic N) is 3. The van der Waals surface area contributed by atoms with Crippen molar-refractivity contribution in [3.63, 3.8) is 0 Å². The molecule has 6 heteroatoms. The number of hydrogen-bond donors (Lipinski definition) is 1. The first-order valence-corrected chi connectivity index (χ1v) is 6.00. The minimum atomic E-state index is -0.381. The van der Waals surface area contributed by atoms with E-state index in [9.17, 15) is 9.18 Å². The maximum atomic E-state index is 12.8. The van der Waals surface area contributed by atoms with Gasteiger partial charge >= 0.3 is 0 Å². The van der Waals surface area contributed by atoms with E-state index in [1.807, 2.05) is 6.07 Å². The molecule has 3 rings (SSSR count). The molecule has 0 unspecified atom stereocenters. The highest BCUT2D eigenvalue weighted by atomic mass is 19.1. The number of amides is 1. The molecule has 5 nitrogen and oxygen atoms in total. The molecule has 3 aromatic rings. The fraction of sp³-hybridized carbons (Fsp3) is 0.0714. The van der Waals surface area contributed by atoms with Crippen LogP contribution in [0.3, 0.4) is 0 Å². The second-order valence-corrected chi connectivity index (χ2v) is 4.31. The van der Waals surface area contributed by atoms with Crippen molar-refractivity contribution in [3.05, 3.63) is 54.0 Å². The number of rotatable bonds is 2. The van der Waals surface area contributed by atoms with E-state index in [1.165, 1.54) is 24.3 Å². The Balaban J connectivity index is 1.93. The Bertz CT molecular complexity index is 779. The first-order valence-electron chi connectivity index (χ1n) is 6.00. The Hall–Kier alpha value is -2.76. The molecule has 0 aliphatic carbocycles. The van der Waals surface area contributed by atoms with Gasteiger partial charge in [0.1, 0.15) is 5.82 Å². The summed E-state index contributed by atoms with van der Waals surface area (Å²) in [5.41, 5.74) is 1.05. The fourth-order valence-corrected chi connectivity index (χ4v) is 1.96. The summed E-state index contributed by atoms with van der Waals surface area (Å²) in [6.07, 6.45) is 1.66. The number of carbonyl (C=O) groups is 1. The summed E-state index contributed by atoms with van der Waals surface area (Å²) < 4.78 is 14.4. The van der Waals surface area contributed by atoms with Crippen LogP contribution in [0.5, 0.6) is 0 Å². The number of hydrogen-bond acceptors (Lipinski definition) is 3. The number of benzene rings is 1. The van der Waals surface area contributed by atoms with Gasteiger partial charge in [0, 0.05) is 18.8 Å². The minimum Gasteiger partial charge on any atom is -0.305 e. The average Bonchev–Trinajstić information content (AvgIpc) is 2.77. The van der Waals surface area contributed by atoms with Gasteiger partial charge in [-0.3, -0.25) is 4.79 Å². The molecule has 0 spiro atoms. The number of halogens is 1. The number of aromatic nitrogens is 3. The third-order valence-electron chi connectivity index (χ3n) is 2.94. The molecule has 0 saturated heterocycles. The summed E-state index contributed by atoms with van der Waals surface area (Å²) in [5, 5.41) is 7.68. The van der Waals surface area contributed by atoms with E-state index < -0.39 is 0 Å². The van der Waals surface area contributed by atoms with Crippen molar-refractivity contribution >= 4 is 22.8 Å². The third-order valence-corrected chi connectivity index (χ3v) is 2.94. The molecule has 100 valence electrons. The number of aryl methyl sites for hydroxylation is 1. The van der Waals surface area contributed by atoms with E-state index in [0.717, 1.165) is 5.39 Å². The minimum absolute atomic E-state index is 0.339. The maximum absolute atomic E-state index is 12.8. The van der Waals surface area contributed by atoms with Gasteiger partial charge in [-0.2, -0.15) is 5.10 Å². The zero-order valence-corrected chi connectivity index (χ0v) is 10.7.